The van der Waals surface area contributed by atoms with E-state index in [9.17, 15) is 23.1 Å². The molecule has 2 aromatic carbocycles. The summed E-state index contributed by atoms with van der Waals surface area (Å²) in [6.07, 6.45) is 2.16. The topological polar surface area (TPSA) is 83.3 Å². The van der Waals surface area contributed by atoms with Gasteiger partial charge in [-0.2, -0.15) is 13.2 Å². The molecule has 0 radical (unpaired) electrons. The molecule has 6 rings (SSSR count). The van der Waals surface area contributed by atoms with Gasteiger partial charge in [0.2, 0.25) is 0 Å². The van der Waals surface area contributed by atoms with Gasteiger partial charge >= 0.3 is 6.18 Å². The summed E-state index contributed by atoms with van der Waals surface area (Å²) in [5.41, 5.74) is -0.0663. The number of carbonyl (C=O) groups is 1. The van der Waals surface area contributed by atoms with Crippen molar-refractivity contribution < 1.29 is 23.1 Å². The number of halogens is 3. The van der Waals surface area contributed by atoms with E-state index in [0.717, 1.165) is 31.2 Å². The van der Waals surface area contributed by atoms with Gasteiger partial charge in [-0.3, -0.25) is 4.79 Å². The maximum Gasteiger partial charge on any atom is 0.416 e. The smallest absolute Gasteiger partial charge is 0.389 e. The van der Waals surface area contributed by atoms with Crippen molar-refractivity contribution in [3.05, 3.63) is 76.4 Å². The van der Waals surface area contributed by atoms with E-state index in [0.29, 0.717) is 29.9 Å². The van der Waals surface area contributed by atoms with Crippen LogP contribution in [-0.2, 0) is 26.3 Å². The number of anilines is 1. The van der Waals surface area contributed by atoms with Crippen molar-refractivity contribution in [2.24, 2.45) is 7.05 Å². The van der Waals surface area contributed by atoms with Crippen LogP contribution in [0.15, 0.2) is 42.7 Å². The van der Waals surface area contributed by atoms with Gasteiger partial charge in [0, 0.05) is 30.4 Å². The highest BCUT2D eigenvalue weighted by atomic mass is 19.4. The summed E-state index contributed by atoms with van der Waals surface area (Å²) in [5, 5.41) is 23.0. The summed E-state index contributed by atoms with van der Waals surface area (Å²) in [4.78, 5) is 15.0. The maximum absolute atomic E-state index is 14.2. The van der Waals surface area contributed by atoms with E-state index in [1.165, 1.54) is 11.0 Å². The highest BCUT2D eigenvalue weighted by Gasteiger charge is 2.46. The zero-order chi connectivity index (χ0) is 27.6. The molecule has 1 aliphatic heterocycles. The lowest BCUT2D eigenvalue weighted by molar-refractivity contribution is -0.138. The minimum Gasteiger partial charge on any atom is -0.389 e. The van der Waals surface area contributed by atoms with E-state index >= 15 is 0 Å². The van der Waals surface area contributed by atoms with Crippen LogP contribution in [0.4, 0.5) is 18.9 Å². The molecule has 2 aliphatic carbocycles. The molecule has 206 valence electrons. The van der Waals surface area contributed by atoms with Crippen molar-refractivity contribution in [2.45, 2.75) is 81.8 Å². The average molecular weight is 540 g/mol. The molecule has 0 saturated heterocycles. The third-order valence-corrected chi connectivity index (χ3v) is 8.86. The van der Waals surface area contributed by atoms with Gasteiger partial charge in [0.05, 0.1) is 23.6 Å². The number of fused-ring (bicyclic) bond motifs is 1. The van der Waals surface area contributed by atoms with Gasteiger partial charge in [-0.25, -0.2) is 0 Å². The van der Waals surface area contributed by atoms with Crippen LogP contribution in [0.3, 0.4) is 0 Å². The van der Waals surface area contributed by atoms with Crippen LogP contribution < -0.4 is 10.2 Å². The number of nitrogens with zero attached hydrogens (tertiary/aromatic N) is 4. The number of nitrogens with one attached hydrogen (secondary N) is 1. The van der Waals surface area contributed by atoms with Crippen molar-refractivity contribution in [3.63, 3.8) is 0 Å². The summed E-state index contributed by atoms with van der Waals surface area (Å²) in [5.74, 6) is -0.334. The predicted molar refractivity (Wildman–Crippen MR) is 139 cm³/mol. The lowest BCUT2D eigenvalue weighted by atomic mass is 9.68. The fourth-order valence-electron chi connectivity index (χ4n) is 6.18. The lowest BCUT2D eigenvalue weighted by Crippen LogP contribution is -2.47. The first-order valence-electron chi connectivity index (χ1n) is 13.4. The number of aryl methyl sites for hydroxylation is 1. The van der Waals surface area contributed by atoms with Crippen LogP contribution in [0.5, 0.6) is 0 Å². The van der Waals surface area contributed by atoms with E-state index in [1.54, 1.807) is 35.2 Å². The number of carbonyl (C=O) groups excluding carboxylic acids is 1. The predicted octanol–water partition coefficient (Wildman–Crippen LogP) is 5.07. The Bertz CT molecular complexity index is 1420. The number of hydrogen-bond acceptors (Lipinski definition) is 5. The Morgan fingerprint density at radius 1 is 1.13 bits per heavy atom. The molecule has 0 unspecified atom stereocenters. The summed E-state index contributed by atoms with van der Waals surface area (Å²) < 4.78 is 44.3. The van der Waals surface area contributed by atoms with Crippen LogP contribution in [0.2, 0.25) is 0 Å². The minimum atomic E-state index is -4.58. The second-order valence-corrected chi connectivity index (χ2v) is 11.6. The van der Waals surface area contributed by atoms with E-state index in [4.69, 9.17) is 0 Å². The summed E-state index contributed by atoms with van der Waals surface area (Å²) in [6, 6.07) is 9.92. The van der Waals surface area contributed by atoms with E-state index in [2.05, 4.69) is 22.4 Å². The van der Waals surface area contributed by atoms with Crippen LogP contribution in [-0.4, -0.2) is 36.9 Å². The molecule has 10 heteroatoms. The fraction of sp³-hybridized carbons (Fsp3) is 0.483. The molecule has 0 spiro atoms. The summed E-state index contributed by atoms with van der Waals surface area (Å²) in [7, 11) is 1.81. The molecule has 7 nitrogen and oxygen atoms in total. The van der Waals surface area contributed by atoms with Gasteiger partial charge in [-0.1, -0.05) is 12.1 Å². The molecule has 3 aliphatic rings. The van der Waals surface area contributed by atoms with Gasteiger partial charge in [0.1, 0.15) is 12.2 Å². The first kappa shape index (κ1) is 26.0. The monoisotopic (exact) mass is 539 g/mol. The number of alkyl halides is 3. The second kappa shape index (κ2) is 9.16. The molecule has 2 saturated carbocycles. The Morgan fingerprint density at radius 2 is 1.87 bits per heavy atom. The Hall–Kier alpha value is -3.24. The number of aromatic nitrogens is 3. The van der Waals surface area contributed by atoms with Crippen LogP contribution >= 0.6 is 0 Å². The molecule has 39 heavy (non-hydrogen) atoms. The van der Waals surface area contributed by atoms with Crippen molar-refractivity contribution in [2.75, 3.05) is 4.90 Å². The van der Waals surface area contributed by atoms with Gasteiger partial charge < -0.3 is 19.9 Å². The number of hydrogen-bond donors (Lipinski definition) is 2. The Morgan fingerprint density at radius 3 is 2.46 bits per heavy atom. The Labute approximate surface area is 225 Å². The Kier molecular flexibility index (Phi) is 6.11. The van der Waals surface area contributed by atoms with Gasteiger partial charge in [-0.05, 0) is 86.4 Å². The third kappa shape index (κ3) is 4.53. The highest BCUT2D eigenvalue weighted by molar-refractivity contribution is 6.10. The maximum atomic E-state index is 14.2. The molecule has 2 N–H and O–H groups in total. The second-order valence-electron chi connectivity index (χ2n) is 11.6. The normalized spacial score (nSPS) is 20.4. The van der Waals surface area contributed by atoms with Crippen LogP contribution in [0, 0.1) is 0 Å². The average Bonchev–Trinajstić information content (AvgIpc) is 3.42. The van der Waals surface area contributed by atoms with Crippen molar-refractivity contribution >= 4 is 11.6 Å². The van der Waals surface area contributed by atoms with Crippen LogP contribution in [0.25, 0.3) is 0 Å². The molecule has 1 atom stereocenters. The zero-order valence-corrected chi connectivity index (χ0v) is 22.1. The zero-order valence-electron chi connectivity index (χ0n) is 22.1. The van der Waals surface area contributed by atoms with E-state index in [-0.39, 0.29) is 29.8 Å². The molecular formula is C29H32F3N5O2. The van der Waals surface area contributed by atoms with Crippen molar-refractivity contribution in [1.29, 1.82) is 0 Å². The van der Waals surface area contributed by atoms with Crippen molar-refractivity contribution in [1.82, 2.24) is 20.1 Å². The van der Waals surface area contributed by atoms with E-state index < -0.39 is 29.2 Å². The third-order valence-electron chi connectivity index (χ3n) is 8.86. The van der Waals surface area contributed by atoms with E-state index in [1.807, 2.05) is 13.1 Å². The first-order valence-corrected chi connectivity index (χ1v) is 13.4. The molecule has 3 aromatic rings. The summed E-state index contributed by atoms with van der Waals surface area (Å²) in [6.45, 7) is 2.17. The molecule has 2 heterocycles. The molecule has 1 aromatic heterocycles. The minimum absolute atomic E-state index is 0.000943. The lowest BCUT2D eigenvalue weighted by Gasteiger charge is -2.43. The number of benzene rings is 2. The molecule has 2 fully saturated rings. The van der Waals surface area contributed by atoms with Gasteiger partial charge in [-0.15, -0.1) is 10.2 Å². The largest absolute Gasteiger partial charge is 0.416 e. The molecular weight excluding hydrogens is 507 g/mol. The summed E-state index contributed by atoms with van der Waals surface area (Å²) >= 11 is 0. The standard InChI is InChI=1S/C29H32F3N5O2/c1-27(8-4-9-27)33-15-18-12-21-22(23(13-18)29(30,31)32)16-37(26(21)38)20-7-3-6-19(14-20)24(28(39)10-5-11-28)25-35-34-17-36(25)2/h3,6-7,12-14,17,24,33,39H,4-5,8-11,15-16H2,1-2H3/t24-/m0/s1. The first-order chi connectivity index (χ1) is 18.5. The van der Waals surface area contributed by atoms with Crippen molar-refractivity contribution in [3.8, 4) is 0 Å². The Balaban J connectivity index is 1.34. The number of amides is 1. The highest BCUT2D eigenvalue weighted by Crippen LogP contribution is 2.47. The van der Waals surface area contributed by atoms with Crippen LogP contribution in [0.1, 0.15) is 89.8 Å². The SMILES string of the molecule is Cn1cnnc1[C@H](c1cccc(N2Cc3c(cc(CNC4(C)CCC4)cc3C(F)(F)F)C2=O)c1)C1(O)CCC1. The van der Waals surface area contributed by atoms with Gasteiger partial charge in [0.25, 0.3) is 5.91 Å². The molecule has 1 amide bonds. The number of rotatable bonds is 7. The fourth-order valence-corrected chi connectivity index (χ4v) is 6.18. The quantitative estimate of drug-likeness (QED) is 0.438. The number of aliphatic hydroxyl groups is 1. The molecule has 0 bridgehead atoms. The van der Waals surface area contributed by atoms with Gasteiger partial charge in [0.15, 0.2) is 0 Å².